The number of rotatable bonds is 6. The van der Waals surface area contributed by atoms with Crippen LogP contribution >= 0.6 is 0 Å². The van der Waals surface area contributed by atoms with Gasteiger partial charge in [-0.1, -0.05) is 30.3 Å². The summed E-state index contributed by atoms with van der Waals surface area (Å²) in [5, 5.41) is 13.3. The highest BCUT2D eigenvalue weighted by molar-refractivity contribution is 6.39. The quantitative estimate of drug-likeness (QED) is 0.486. The molecule has 0 bridgehead atoms. The summed E-state index contributed by atoms with van der Waals surface area (Å²) < 4.78 is 5.06. The number of amides is 2. The Morgan fingerprint density at radius 1 is 1.19 bits per heavy atom. The van der Waals surface area contributed by atoms with Gasteiger partial charge in [0.15, 0.2) is 0 Å². The number of ether oxygens (including phenoxy) is 1. The van der Waals surface area contributed by atoms with Crippen molar-refractivity contribution < 1.29 is 19.2 Å². The molecule has 0 aliphatic rings. The SMILES string of the molecule is CCN(Cc1ccccc1)C(=O)C(=O)Nc1ccc([N+](=O)[O-])cc1OC. The first-order valence-corrected chi connectivity index (χ1v) is 7.92. The van der Waals surface area contributed by atoms with E-state index in [9.17, 15) is 19.7 Å². The van der Waals surface area contributed by atoms with E-state index in [0.717, 1.165) is 5.56 Å². The van der Waals surface area contributed by atoms with Crippen molar-refractivity contribution in [3.63, 3.8) is 0 Å². The number of carbonyl (C=O) groups is 2. The average Bonchev–Trinajstić information content (AvgIpc) is 2.66. The third-order valence-electron chi connectivity index (χ3n) is 3.72. The molecule has 0 aliphatic carbocycles. The number of methoxy groups -OCH3 is 1. The van der Waals surface area contributed by atoms with E-state index in [2.05, 4.69) is 5.32 Å². The van der Waals surface area contributed by atoms with E-state index in [1.54, 1.807) is 6.92 Å². The Morgan fingerprint density at radius 2 is 1.88 bits per heavy atom. The molecule has 0 unspecified atom stereocenters. The van der Waals surface area contributed by atoms with E-state index >= 15 is 0 Å². The van der Waals surface area contributed by atoms with Gasteiger partial charge in [0.1, 0.15) is 5.75 Å². The first-order chi connectivity index (χ1) is 12.5. The summed E-state index contributed by atoms with van der Waals surface area (Å²) in [4.78, 5) is 36.4. The molecule has 0 saturated carbocycles. The topological polar surface area (TPSA) is 102 Å². The van der Waals surface area contributed by atoms with Gasteiger partial charge in [-0.2, -0.15) is 0 Å². The van der Waals surface area contributed by atoms with Crippen LogP contribution in [0.2, 0.25) is 0 Å². The summed E-state index contributed by atoms with van der Waals surface area (Å²) in [6.07, 6.45) is 0. The van der Waals surface area contributed by atoms with E-state index in [1.807, 2.05) is 30.3 Å². The molecule has 0 radical (unpaired) electrons. The number of nitrogens with zero attached hydrogens (tertiary/aromatic N) is 2. The fourth-order valence-electron chi connectivity index (χ4n) is 2.35. The Hall–Kier alpha value is -3.42. The average molecular weight is 357 g/mol. The molecule has 0 spiro atoms. The fraction of sp³-hybridized carbons (Fsp3) is 0.222. The Bertz CT molecular complexity index is 808. The molecule has 8 heteroatoms. The zero-order valence-corrected chi connectivity index (χ0v) is 14.5. The molecule has 2 aromatic carbocycles. The van der Waals surface area contributed by atoms with Gasteiger partial charge in [0.05, 0.1) is 23.8 Å². The van der Waals surface area contributed by atoms with Gasteiger partial charge in [0.25, 0.3) is 5.69 Å². The lowest BCUT2D eigenvalue weighted by atomic mass is 10.2. The van der Waals surface area contributed by atoms with Crippen molar-refractivity contribution >= 4 is 23.2 Å². The number of likely N-dealkylation sites (N-methyl/N-ethyl adjacent to an activating group) is 1. The second kappa shape index (κ2) is 8.61. The van der Waals surface area contributed by atoms with Crippen LogP contribution < -0.4 is 10.1 Å². The standard InChI is InChI=1S/C18H19N3O5/c1-3-20(12-13-7-5-4-6-8-13)18(23)17(22)19-15-10-9-14(21(24)25)11-16(15)26-2/h4-11H,3,12H2,1-2H3,(H,19,22). The van der Waals surface area contributed by atoms with Gasteiger partial charge < -0.3 is 15.0 Å². The second-order valence-electron chi connectivity index (χ2n) is 5.40. The summed E-state index contributed by atoms with van der Waals surface area (Å²) in [6.45, 7) is 2.44. The summed E-state index contributed by atoms with van der Waals surface area (Å²) in [5.41, 5.74) is 0.918. The molecule has 136 valence electrons. The van der Waals surface area contributed by atoms with E-state index < -0.39 is 16.7 Å². The number of benzene rings is 2. The van der Waals surface area contributed by atoms with Crippen LogP contribution in [0.1, 0.15) is 12.5 Å². The molecular formula is C18H19N3O5. The van der Waals surface area contributed by atoms with Gasteiger partial charge in [-0.15, -0.1) is 0 Å². The predicted molar refractivity (Wildman–Crippen MR) is 95.8 cm³/mol. The maximum absolute atomic E-state index is 12.4. The highest BCUT2D eigenvalue weighted by Gasteiger charge is 2.22. The van der Waals surface area contributed by atoms with Crippen molar-refractivity contribution in [1.29, 1.82) is 0 Å². The monoisotopic (exact) mass is 357 g/mol. The summed E-state index contributed by atoms with van der Waals surface area (Å²) >= 11 is 0. The van der Waals surface area contributed by atoms with Crippen LogP contribution in [-0.2, 0) is 16.1 Å². The number of carbonyl (C=O) groups excluding carboxylic acids is 2. The molecular weight excluding hydrogens is 338 g/mol. The summed E-state index contributed by atoms with van der Waals surface area (Å²) in [5.74, 6) is -1.43. The molecule has 0 aromatic heterocycles. The zero-order valence-electron chi connectivity index (χ0n) is 14.5. The van der Waals surface area contributed by atoms with Gasteiger partial charge in [-0.3, -0.25) is 19.7 Å². The number of hydrogen-bond acceptors (Lipinski definition) is 5. The first-order valence-electron chi connectivity index (χ1n) is 7.92. The number of nitro benzene ring substituents is 1. The second-order valence-corrected chi connectivity index (χ2v) is 5.40. The summed E-state index contributed by atoms with van der Waals surface area (Å²) in [6, 6.07) is 13.1. The molecule has 0 aliphatic heterocycles. The van der Waals surface area contributed by atoms with E-state index in [4.69, 9.17) is 4.74 Å². The van der Waals surface area contributed by atoms with E-state index in [0.29, 0.717) is 13.1 Å². The molecule has 0 fully saturated rings. The van der Waals surface area contributed by atoms with Crippen molar-refractivity contribution in [1.82, 2.24) is 4.90 Å². The molecule has 26 heavy (non-hydrogen) atoms. The Kier molecular flexibility index (Phi) is 6.26. The van der Waals surface area contributed by atoms with Crippen molar-refractivity contribution in [2.75, 3.05) is 19.0 Å². The minimum atomic E-state index is -0.838. The van der Waals surface area contributed by atoms with E-state index in [1.165, 1.54) is 30.2 Å². The third kappa shape index (κ3) is 4.56. The van der Waals surface area contributed by atoms with Gasteiger partial charge >= 0.3 is 11.8 Å². The highest BCUT2D eigenvalue weighted by Crippen LogP contribution is 2.29. The van der Waals surface area contributed by atoms with Crippen molar-refractivity contribution in [2.45, 2.75) is 13.5 Å². The van der Waals surface area contributed by atoms with Crippen LogP contribution in [-0.4, -0.2) is 35.3 Å². The Morgan fingerprint density at radius 3 is 2.46 bits per heavy atom. The summed E-state index contributed by atoms with van der Waals surface area (Å²) in [7, 11) is 1.32. The Labute approximate surface area is 150 Å². The lowest BCUT2D eigenvalue weighted by molar-refractivity contribution is -0.384. The maximum Gasteiger partial charge on any atom is 0.314 e. The number of anilines is 1. The van der Waals surface area contributed by atoms with Crippen LogP contribution in [0.3, 0.4) is 0 Å². The van der Waals surface area contributed by atoms with Crippen LogP contribution in [0, 0.1) is 10.1 Å². The van der Waals surface area contributed by atoms with Gasteiger partial charge in [-0.05, 0) is 18.6 Å². The molecule has 2 rings (SSSR count). The molecule has 0 heterocycles. The molecule has 0 saturated heterocycles. The number of nitro groups is 1. The van der Waals surface area contributed by atoms with Crippen LogP contribution in [0.5, 0.6) is 5.75 Å². The lowest BCUT2D eigenvalue weighted by Crippen LogP contribution is -2.39. The van der Waals surface area contributed by atoms with Crippen molar-refractivity contribution in [2.24, 2.45) is 0 Å². The highest BCUT2D eigenvalue weighted by atomic mass is 16.6. The van der Waals surface area contributed by atoms with Crippen LogP contribution in [0.4, 0.5) is 11.4 Å². The largest absolute Gasteiger partial charge is 0.494 e. The molecule has 0 atom stereocenters. The Balaban J connectivity index is 2.12. The predicted octanol–water partition coefficient (Wildman–Crippen LogP) is 2.59. The maximum atomic E-state index is 12.4. The van der Waals surface area contributed by atoms with Gasteiger partial charge in [-0.25, -0.2) is 0 Å². The minimum absolute atomic E-state index is 0.103. The number of non-ortho nitro benzene ring substituents is 1. The van der Waals surface area contributed by atoms with Crippen LogP contribution in [0.25, 0.3) is 0 Å². The van der Waals surface area contributed by atoms with Crippen molar-refractivity contribution in [3.05, 3.63) is 64.2 Å². The third-order valence-corrected chi connectivity index (χ3v) is 3.72. The number of nitrogens with one attached hydrogen (secondary N) is 1. The van der Waals surface area contributed by atoms with Crippen LogP contribution in [0.15, 0.2) is 48.5 Å². The normalized spacial score (nSPS) is 10.1. The molecule has 2 amide bonds. The molecule has 1 N–H and O–H groups in total. The number of hydrogen-bond donors (Lipinski definition) is 1. The van der Waals surface area contributed by atoms with Gasteiger partial charge in [0.2, 0.25) is 0 Å². The van der Waals surface area contributed by atoms with Gasteiger partial charge in [0, 0.05) is 19.2 Å². The first kappa shape index (κ1) is 18.9. The lowest BCUT2D eigenvalue weighted by Gasteiger charge is -2.20. The van der Waals surface area contributed by atoms with Crippen molar-refractivity contribution in [3.8, 4) is 5.75 Å². The smallest absolute Gasteiger partial charge is 0.314 e. The molecule has 8 nitrogen and oxygen atoms in total. The fourth-order valence-corrected chi connectivity index (χ4v) is 2.35. The van der Waals surface area contributed by atoms with E-state index in [-0.39, 0.29) is 17.1 Å². The molecule has 2 aromatic rings. The zero-order chi connectivity index (χ0) is 19.1. The minimum Gasteiger partial charge on any atom is -0.494 e.